The lowest BCUT2D eigenvalue weighted by molar-refractivity contribution is 0.238. The molecule has 0 heterocycles. The maximum Gasteiger partial charge on any atom is 0.315 e. The van der Waals surface area contributed by atoms with Gasteiger partial charge in [-0.3, -0.25) is 0 Å². The number of urea groups is 1. The van der Waals surface area contributed by atoms with Crippen molar-refractivity contribution in [2.45, 2.75) is 26.3 Å². The molecule has 0 aromatic carbocycles. The van der Waals surface area contributed by atoms with Crippen molar-refractivity contribution in [3.8, 4) is 0 Å². The largest absolute Gasteiger partial charge is 0.336 e. The number of rotatable bonds is 4. The average Bonchev–Trinajstić information content (AvgIpc) is 2.00. The van der Waals surface area contributed by atoms with Gasteiger partial charge in [0.2, 0.25) is 0 Å². The average molecular weight is 156 g/mol. The number of carbonyl (C=O) groups excluding carboxylic acids is 1. The Balaban J connectivity index is 3.43. The number of carbonyl (C=O) groups is 1. The molecular weight excluding hydrogens is 140 g/mol. The van der Waals surface area contributed by atoms with E-state index in [2.05, 4.69) is 17.2 Å². The van der Waals surface area contributed by atoms with Crippen LogP contribution >= 0.6 is 0 Å². The van der Waals surface area contributed by atoms with Crippen LogP contribution in [0.2, 0.25) is 0 Å². The summed E-state index contributed by atoms with van der Waals surface area (Å²) in [5, 5.41) is 5.40. The van der Waals surface area contributed by atoms with Crippen LogP contribution in [-0.4, -0.2) is 18.6 Å². The SMILES string of the molecule is C=CCNC(=O)N[C@@H](C)CC. The van der Waals surface area contributed by atoms with Gasteiger partial charge in [-0.1, -0.05) is 13.0 Å². The Hall–Kier alpha value is -0.990. The first-order chi connectivity index (χ1) is 5.20. The van der Waals surface area contributed by atoms with E-state index in [1.165, 1.54) is 0 Å². The molecular formula is C8H16N2O. The van der Waals surface area contributed by atoms with E-state index >= 15 is 0 Å². The van der Waals surface area contributed by atoms with Gasteiger partial charge in [0, 0.05) is 12.6 Å². The standard InChI is InChI=1S/C8H16N2O/c1-4-6-9-8(11)10-7(3)5-2/h4,7H,1,5-6H2,2-3H3,(H2,9,10,11)/t7-/m0/s1. The Morgan fingerprint density at radius 1 is 1.73 bits per heavy atom. The van der Waals surface area contributed by atoms with E-state index in [9.17, 15) is 4.79 Å². The van der Waals surface area contributed by atoms with E-state index < -0.39 is 0 Å². The highest BCUT2D eigenvalue weighted by atomic mass is 16.2. The van der Waals surface area contributed by atoms with Crippen LogP contribution in [0.15, 0.2) is 12.7 Å². The quantitative estimate of drug-likeness (QED) is 0.591. The highest BCUT2D eigenvalue weighted by Gasteiger charge is 2.01. The van der Waals surface area contributed by atoms with Crippen LogP contribution in [0.5, 0.6) is 0 Å². The first-order valence-electron chi connectivity index (χ1n) is 3.86. The van der Waals surface area contributed by atoms with Gasteiger partial charge < -0.3 is 10.6 Å². The Kier molecular flexibility index (Phi) is 5.25. The molecule has 2 amide bonds. The summed E-state index contributed by atoms with van der Waals surface area (Å²) in [4.78, 5) is 10.9. The minimum Gasteiger partial charge on any atom is -0.336 e. The Morgan fingerprint density at radius 3 is 2.82 bits per heavy atom. The second-order valence-electron chi connectivity index (χ2n) is 2.45. The fraction of sp³-hybridized carbons (Fsp3) is 0.625. The van der Waals surface area contributed by atoms with Gasteiger partial charge in [-0.2, -0.15) is 0 Å². The lowest BCUT2D eigenvalue weighted by Crippen LogP contribution is -2.40. The first-order valence-corrected chi connectivity index (χ1v) is 3.86. The molecule has 3 nitrogen and oxygen atoms in total. The molecule has 11 heavy (non-hydrogen) atoms. The molecule has 0 unspecified atom stereocenters. The van der Waals surface area contributed by atoms with Crippen LogP contribution in [-0.2, 0) is 0 Å². The van der Waals surface area contributed by atoms with Crippen molar-refractivity contribution in [1.29, 1.82) is 0 Å². The first kappa shape index (κ1) is 10.0. The molecule has 0 spiro atoms. The van der Waals surface area contributed by atoms with Crippen molar-refractivity contribution in [1.82, 2.24) is 10.6 Å². The molecule has 0 saturated carbocycles. The van der Waals surface area contributed by atoms with Crippen LogP contribution in [0.1, 0.15) is 20.3 Å². The van der Waals surface area contributed by atoms with Gasteiger partial charge in [-0.25, -0.2) is 4.79 Å². The van der Waals surface area contributed by atoms with E-state index in [1.54, 1.807) is 6.08 Å². The maximum absolute atomic E-state index is 10.9. The van der Waals surface area contributed by atoms with Crippen molar-refractivity contribution in [3.63, 3.8) is 0 Å². The smallest absolute Gasteiger partial charge is 0.315 e. The lowest BCUT2D eigenvalue weighted by Gasteiger charge is -2.10. The van der Waals surface area contributed by atoms with Crippen LogP contribution in [0.3, 0.4) is 0 Å². The summed E-state index contributed by atoms with van der Waals surface area (Å²) in [6.45, 7) is 8.00. The molecule has 2 N–H and O–H groups in total. The molecule has 0 saturated heterocycles. The Bertz CT molecular complexity index is 134. The van der Waals surface area contributed by atoms with Crippen molar-refractivity contribution >= 4 is 6.03 Å². The molecule has 0 bridgehead atoms. The fourth-order valence-corrected chi connectivity index (χ4v) is 0.542. The highest BCUT2D eigenvalue weighted by molar-refractivity contribution is 5.74. The van der Waals surface area contributed by atoms with Gasteiger partial charge in [-0.05, 0) is 13.3 Å². The molecule has 3 heteroatoms. The van der Waals surface area contributed by atoms with Gasteiger partial charge in [-0.15, -0.1) is 6.58 Å². The minimum atomic E-state index is -0.126. The van der Waals surface area contributed by atoms with Crippen molar-refractivity contribution in [2.24, 2.45) is 0 Å². The summed E-state index contributed by atoms with van der Waals surface area (Å²) in [7, 11) is 0. The molecule has 64 valence electrons. The number of hydrogen-bond donors (Lipinski definition) is 2. The summed E-state index contributed by atoms with van der Waals surface area (Å²) in [6.07, 6.45) is 2.59. The molecule has 0 aromatic heterocycles. The maximum atomic E-state index is 10.9. The van der Waals surface area contributed by atoms with E-state index in [1.807, 2.05) is 13.8 Å². The van der Waals surface area contributed by atoms with Crippen LogP contribution in [0.4, 0.5) is 4.79 Å². The number of nitrogens with one attached hydrogen (secondary N) is 2. The van der Waals surface area contributed by atoms with Crippen molar-refractivity contribution in [2.75, 3.05) is 6.54 Å². The minimum absolute atomic E-state index is 0.126. The molecule has 0 aromatic rings. The zero-order valence-electron chi connectivity index (χ0n) is 7.18. The van der Waals surface area contributed by atoms with Gasteiger partial charge in [0.1, 0.15) is 0 Å². The molecule has 0 aliphatic heterocycles. The summed E-state index contributed by atoms with van der Waals surface area (Å²) < 4.78 is 0. The number of hydrogen-bond acceptors (Lipinski definition) is 1. The van der Waals surface area contributed by atoms with Crippen LogP contribution in [0.25, 0.3) is 0 Å². The second-order valence-corrected chi connectivity index (χ2v) is 2.45. The van der Waals surface area contributed by atoms with Gasteiger partial charge in [0.25, 0.3) is 0 Å². The van der Waals surface area contributed by atoms with Gasteiger partial charge >= 0.3 is 6.03 Å². The highest BCUT2D eigenvalue weighted by Crippen LogP contribution is 1.86. The van der Waals surface area contributed by atoms with Gasteiger partial charge in [0.15, 0.2) is 0 Å². The third kappa shape index (κ3) is 5.45. The lowest BCUT2D eigenvalue weighted by atomic mass is 10.3. The second kappa shape index (κ2) is 5.77. The molecule has 0 rings (SSSR count). The summed E-state index contributed by atoms with van der Waals surface area (Å²) in [5.74, 6) is 0. The predicted octanol–water partition coefficient (Wildman–Crippen LogP) is 1.27. The third-order valence-electron chi connectivity index (χ3n) is 1.40. The van der Waals surface area contributed by atoms with Gasteiger partial charge in [0.05, 0.1) is 0 Å². The molecule has 0 aliphatic carbocycles. The van der Waals surface area contributed by atoms with Crippen molar-refractivity contribution < 1.29 is 4.79 Å². The van der Waals surface area contributed by atoms with E-state index in [0.717, 1.165) is 6.42 Å². The molecule has 0 aliphatic rings. The molecule has 0 radical (unpaired) electrons. The summed E-state index contributed by atoms with van der Waals surface area (Å²) in [5.41, 5.74) is 0. The Morgan fingerprint density at radius 2 is 2.36 bits per heavy atom. The zero-order valence-corrected chi connectivity index (χ0v) is 7.18. The molecule has 0 fully saturated rings. The predicted molar refractivity (Wildman–Crippen MR) is 46.5 cm³/mol. The Labute approximate surface area is 67.9 Å². The molecule has 1 atom stereocenters. The fourth-order valence-electron chi connectivity index (χ4n) is 0.542. The third-order valence-corrected chi connectivity index (χ3v) is 1.40. The number of amides is 2. The van der Waals surface area contributed by atoms with Crippen LogP contribution in [0, 0.1) is 0 Å². The van der Waals surface area contributed by atoms with E-state index in [-0.39, 0.29) is 12.1 Å². The summed E-state index contributed by atoms with van der Waals surface area (Å²) >= 11 is 0. The van der Waals surface area contributed by atoms with Crippen LogP contribution < -0.4 is 10.6 Å². The van der Waals surface area contributed by atoms with E-state index in [4.69, 9.17) is 0 Å². The zero-order chi connectivity index (χ0) is 8.69. The monoisotopic (exact) mass is 156 g/mol. The summed E-state index contributed by atoms with van der Waals surface area (Å²) in [6, 6.07) is 0.110. The van der Waals surface area contributed by atoms with Crippen molar-refractivity contribution in [3.05, 3.63) is 12.7 Å². The topological polar surface area (TPSA) is 41.1 Å². The normalized spacial score (nSPS) is 11.8. The van der Waals surface area contributed by atoms with E-state index in [0.29, 0.717) is 6.54 Å².